The van der Waals surface area contributed by atoms with E-state index in [0.717, 1.165) is 21.9 Å². The van der Waals surface area contributed by atoms with Crippen LogP contribution in [0.1, 0.15) is 5.82 Å². The molecule has 2 aromatic heterocycles. The second kappa shape index (κ2) is 2.74. The molecular weight excluding hydrogens is 238 g/mol. The number of nitrogens with zero attached hydrogens (tertiary/aromatic N) is 3. The van der Waals surface area contributed by atoms with Gasteiger partial charge in [-0.3, -0.25) is 0 Å². The summed E-state index contributed by atoms with van der Waals surface area (Å²) in [6.07, 6.45) is 1.70. The van der Waals surface area contributed by atoms with Crippen molar-refractivity contribution in [3.05, 3.63) is 18.1 Å². The third-order valence-electron chi connectivity index (χ3n) is 1.59. The van der Waals surface area contributed by atoms with E-state index in [-0.39, 0.29) is 0 Å². The number of imidazole rings is 1. The molecule has 2 rings (SSSR count). The van der Waals surface area contributed by atoms with Gasteiger partial charge in [0.2, 0.25) is 0 Å². The van der Waals surface area contributed by atoms with Gasteiger partial charge in [0.05, 0.1) is 16.1 Å². The summed E-state index contributed by atoms with van der Waals surface area (Å²) in [7, 11) is 0. The number of fused-ring (bicyclic) bond motifs is 1. The van der Waals surface area contributed by atoms with Crippen molar-refractivity contribution in [2.45, 2.75) is 11.8 Å². The molecule has 0 fully saturated rings. The summed E-state index contributed by atoms with van der Waals surface area (Å²) in [5.41, 5.74) is 1.68. The molecule has 62 valence electrons. The van der Waals surface area contributed by atoms with Crippen LogP contribution >= 0.6 is 28.8 Å². The molecule has 0 amide bonds. The predicted molar refractivity (Wildman–Crippen MR) is 53.8 cm³/mol. The lowest BCUT2D eigenvalue weighted by Crippen LogP contribution is -1.84. The molecule has 0 N–H and O–H groups in total. The highest BCUT2D eigenvalue weighted by Crippen LogP contribution is 2.18. The van der Waals surface area contributed by atoms with E-state index in [0.29, 0.717) is 0 Å². The Balaban J connectivity index is 2.87. The Morgan fingerprint density at radius 1 is 1.58 bits per heavy atom. The fraction of sp³-hybridized carbons (Fsp3) is 0.143. The fourth-order valence-corrected chi connectivity index (χ4v) is 1.57. The predicted octanol–water partition coefficient (Wildman–Crippen LogP) is 2.19. The first-order valence-electron chi connectivity index (χ1n) is 3.38. The number of halogens is 1. The number of thiol groups is 1. The topological polar surface area (TPSA) is 30.7 Å². The molecule has 3 nitrogen and oxygen atoms in total. The highest BCUT2D eigenvalue weighted by molar-refractivity contribution is 9.08. The van der Waals surface area contributed by atoms with Gasteiger partial charge in [-0.25, -0.2) is 13.6 Å². The monoisotopic (exact) mass is 243 g/mol. The highest BCUT2D eigenvalue weighted by Gasteiger charge is 2.05. The molecule has 0 aromatic carbocycles. The maximum Gasteiger partial charge on any atom is 0.170 e. The number of aryl methyl sites for hydroxylation is 1. The smallest absolute Gasteiger partial charge is 0.170 e. The molecule has 0 aliphatic heterocycles. The minimum atomic E-state index is 0.824. The molecule has 0 aliphatic carbocycles. The van der Waals surface area contributed by atoms with Crippen molar-refractivity contribution in [3.63, 3.8) is 0 Å². The molecule has 0 spiro atoms. The third kappa shape index (κ3) is 1.13. The van der Waals surface area contributed by atoms with Gasteiger partial charge in [-0.2, -0.15) is 0 Å². The Morgan fingerprint density at radius 2 is 2.33 bits per heavy atom. The maximum absolute atomic E-state index is 4.28. The van der Waals surface area contributed by atoms with E-state index in [9.17, 15) is 0 Å². The van der Waals surface area contributed by atoms with Gasteiger partial charge in [-0.05, 0) is 13.0 Å². The average Bonchev–Trinajstić information content (AvgIpc) is 2.28. The Hall–Kier alpha value is -0.550. The Kier molecular flexibility index (Phi) is 1.84. The maximum atomic E-state index is 4.28. The van der Waals surface area contributed by atoms with Crippen LogP contribution < -0.4 is 0 Å². The Labute approximate surface area is 83.6 Å². The molecular formula is C7H6BrN3S. The van der Waals surface area contributed by atoms with Crippen LogP contribution in [0.2, 0.25) is 0 Å². The van der Waals surface area contributed by atoms with Crippen molar-refractivity contribution < 1.29 is 0 Å². The average molecular weight is 244 g/mol. The van der Waals surface area contributed by atoms with Crippen molar-refractivity contribution in [2.24, 2.45) is 0 Å². The minimum absolute atomic E-state index is 0.824. The summed E-state index contributed by atoms with van der Waals surface area (Å²) in [6.45, 7) is 1.91. The van der Waals surface area contributed by atoms with Crippen molar-refractivity contribution in [1.82, 2.24) is 13.6 Å². The first-order valence-corrected chi connectivity index (χ1v) is 4.54. The van der Waals surface area contributed by atoms with Gasteiger partial charge in [0.25, 0.3) is 0 Å². The van der Waals surface area contributed by atoms with Gasteiger partial charge in [-0.15, -0.1) is 12.6 Å². The molecule has 5 heteroatoms. The molecule has 0 aliphatic rings. The normalized spacial score (nSPS) is 10.9. The Bertz CT molecular complexity index is 437. The van der Waals surface area contributed by atoms with Crippen LogP contribution in [-0.2, 0) is 0 Å². The van der Waals surface area contributed by atoms with Gasteiger partial charge in [-0.1, -0.05) is 0 Å². The largest absolute Gasteiger partial charge is 0.246 e. The number of aromatic nitrogens is 3. The minimum Gasteiger partial charge on any atom is -0.246 e. The molecule has 0 saturated carbocycles. The summed E-state index contributed by atoms with van der Waals surface area (Å²) in [6, 6.07) is 1.89. The summed E-state index contributed by atoms with van der Waals surface area (Å²) < 4.78 is 1.77. The van der Waals surface area contributed by atoms with E-state index in [4.69, 9.17) is 0 Å². The molecule has 0 radical (unpaired) electrons. The van der Waals surface area contributed by atoms with E-state index < -0.39 is 0 Å². The van der Waals surface area contributed by atoms with E-state index in [1.165, 1.54) is 0 Å². The molecule has 2 heterocycles. The molecule has 0 bridgehead atoms. The number of pyridine rings is 1. The number of rotatable bonds is 0. The summed E-state index contributed by atoms with van der Waals surface area (Å²) in [4.78, 5) is 9.28. The fourth-order valence-electron chi connectivity index (χ4n) is 1.04. The van der Waals surface area contributed by atoms with Crippen LogP contribution in [0.4, 0.5) is 0 Å². The zero-order valence-electron chi connectivity index (χ0n) is 6.32. The zero-order valence-corrected chi connectivity index (χ0v) is 8.80. The lowest BCUT2D eigenvalue weighted by molar-refractivity contribution is 1.12. The van der Waals surface area contributed by atoms with E-state index in [2.05, 4.69) is 38.7 Å². The first kappa shape index (κ1) is 8.07. The lowest BCUT2D eigenvalue weighted by atomic mass is 10.4. The Morgan fingerprint density at radius 3 is 3.08 bits per heavy atom. The van der Waals surface area contributed by atoms with Crippen molar-refractivity contribution in [2.75, 3.05) is 0 Å². The molecule has 2 aromatic rings. The summed E-state index contributed by atoms with van der Waals surface area (Å²) in [5, 5.41) is 0. The van der Waals surface area contributed by atoms with Gasteiger partial charge in [0.1, 0.15) is 11.3 Å². The van der Waals surface area contributed by atoms with Crippen molar-refractivity contribution in [3.8, 4) is 0 Å². The standard InChI is InChI=1S/C7H6BrN3S/c1-4-10-6-2-5(12)3-9-7(6)11(4)8/h2-3,12H,1H3. The zero-order chi connectivity index (χ0) is 8.72. The van der Waals surface area contributed by atoms with Crippen LogP contribution in [0.5, 0.6) is 0 Å². The van der Waals surface area contributed by atoms with Crippen molar-refractivity contribution >= 4 is 39.9 Å². The number of hydrogen-bond acceptors (Lipinski definition) is 3. The van der Waals surface area contributed by atoms with Crippen LogP contribution in [0.15, 0.2) is 17.2 Å². The van der Waals surface area contributed by atoms with Crippen LogP contribution in [0, 0.1) is 6.92 Å². The summed E-state index contributed by atoms with van der Waals surface area (Å²) in [5.74, 6) is 0.886. The summed E-state index contributed by atoms with van der Waals surface area (Å²) >= 11 is 7.52. The molecule has 0 saturated heterocycles. The number of hydrogen-bond donors (Lipinski definition) is 1. The second-order valence-electron chi connectivity index (χ2n) is 2.48. The SMILES string of the molecule is Cc1nc2cc(S)cnc2n1Br. The lowest BCUT2D eigenvalue weighted by Gasteiger charge is -1.92. The van der Waals surface area contributed by atoms with Gasteiger partial charge in [0.15, 0.2) is 5.65 Å². The van der Waals surface area contributed by atoms with Crippen LogP contribution in [0.25, 0.3) is 11.2 Å². The second-order valence-corrected chi connectivity index (χ2v) is 3.70. The third-order valence-corrected chi connectivity index (χ3v) is 2.68. The molecule has 0 unspecified atom stereocenters. The quantitative estimate of drug-likeness (QED) is 0.720. The van der Waals surface area contributed by atoms with E-state index >= 15 is 0 Å². The van der Waals surface area contributed by atoms with E-state index in [1.807, 2.05) is 13.0 Å². The van der Waals surface area contributed by atoms with Gasteiger partial charge >= 0.3 is 0 Å². The van der Waals surface area contributed by atoms with Gasteiger partial charge in [0, 0.05) is 11.1 Å². The van der Waals surface area contributed by atoms with Crippen molar-refractivity contribution in [1.29, 1.82) is 0 Å². The first-order chi connectivity index (χ1) is 5.68. The van der Waals surface area contributed by atoms with Crippen LogP contribution in [0.3, 0.4) is 0 Å². The molecule has 0 atom stereocenters. The highest BCUT2D eigenvalue weighted by atomic mass is 79.9. The van der Waals surface area contributed by atoms with E-state index in [1.54, 1.807) is 9.79 Å². The molecule has 12 heavy (non-hydrogen) atoms. The van der Waals surface area contributed by atoms with Crippen LogP contribution in [-0.4, -0.2) is 13.6 Å². The van der Waals surface area contributed by atoms with Gasteiger partial charge < -0.3 is 0 Å².